The van der Waals surface area contributed by atoms with Gasteiger partial charge in [-0.2, -0.15) is 0 Å². The summed E-state index contributed by atoms with van der Waals surface area (Å²) in [6, 6.07) is 2.65. The summed E-state index contributed by atoms with van der Waals surface area (Å²) < 4.78 is 0. The lowest BCUT2D eigenvalue weighted by Gasteiger charge is -2.48. The van der Waals surface area contributed by atoms with Gasteiger partial charge in [0.2, 0.25) is 0 Å². The van der Waals surface area contributed by atoms with E-state index >= 15 is 0 Å². The van der Waals surface area contributed by atoms with E-state index in [1.807, 2.05) is 13.1 Å². The van der Waals surface area contributed by atoms with Crippen molar-refractivity contribution in [3.05, 3.63) is 23.8 Å². The highest BCUT2D eigenvalue weighted by atomic mass is 15.3. The maximum absolute atomic E-state index is 4.60. The lowest BCUT2D eigenvalue weighted by Crippen LogP contribution is -2.64. The molecule has 1 aliphatic heterocycles. The molecule has 1 N–H and O–H groups in total. The van der Waals surface area contributed by atoms with Gasteiger partial charge < -0.3 is 5.32 Å². The molecule has 2 unspecified atom stereocenters. The van der Waals surface area contributed by atoms with E-state index in [9.17, 15) is 0 Å². The average molecular weight is 288 g/mol. The Morgan fingerprint density at radius 2 is 2.19 bits per heavy atom. The molecule has 0 spiro atoms. The predicted octanol–water partition coefficient (Wildman–Crippen LogP) is 2.38. The van der Waals surface area contributed by atoms with Gasteiger partial charge in [0.15, 0.2) is 0 Å². The van der Waals surface area contributed by atoms with E-state index in [1.54, 1.807) is 0 Å². The van der Waals surface area contributed by atoms with Crippen molar-refractivity contribution in [3.8, 4) is 0 Å². The molecule has 1 aliphatic carbocycles. The number of nitrogens with zero attached hydrogens (tertiary/aromatic N) is 3. The minimum Gasteiger partial charge on any atom is -0.308 e. The first-order chi connectivity index (χ1) is 9.98. The van der Waals surface area contributed by atoms with Crippen LogP contribution in [0, 0.1) is 18.8 Å². The van der Waals surface area contributed by atoms with E-state index in [0.29, 0.717) is 12.0 Å². The average Bonchev–Trinajstić information content (AvgIpc) is 3.23. The SMILES string of the molecule is Cc1nccc(CN2CC(C)(C3CC3)NCC2C(C)C)n1. The number of rotatable bonds is 4. The number of hydrogen-bond donors (Lipinski definition) is 1. The van der Waals surface area contributed by atoms with Gasteiger partial charge in [-0.3, -0.25) is 4.90 Å². The number of aryl methyl sites for hydroxylation is 1. The second-order valence-electron chi connectivity index (χ2n) is 7.38. The Morgan fingerprint density at radius 3 is 2.81 bits per heavy atom. The first-order valence-electron chi connectivity index (χ1n) is 8.25. The Hall–Kier alpha value is -1.00. The van der Waals surface area contributed by atoms with E-state index in [4.69, 9.17) is 0 Å². The maximum Gasteiger partial charge on any atom is 0.125 e. The smallest absolute Gasteiger partial charge is 0.125 e. The Labute approximate surface area is 128 Å². The summed E-state index contributed by atoms with van der Waals surface area (Å²) >= 11 is 0. The molecule has 1 saturated heterocycles. The zero-order valence-electron chi connectivity index (χ0n) is 13.8. The standard InChI is InChI=1S/C17H28N4/c1-12(2)16-9-19-17(4,14-5-6-14)11-21(16)10-15-7-8-18-13(3)20-15/h7-8,12,14,16,19H,5-6,9-11H2,1-4H3. The zero-order chi connectivity index (χ0) is 15.0. The number of hydrogen-bond acceptors (Lipinski definition) is 4. The summed E-state index contributed by atoms with van der Waals surface area (Å²) in [5.41, 5.74) is 1.43. The van der Waals surface area contributed by atoms with Crippen LogP contribution >= 0.6 is 0 Å². The molecule has 2 atom stereocenters. The highest BCUT2D eigenvalue weighted by Gasteiger charge is 2.46. The van der Waals surface area contributed by atoms with Gasteiger partial charge in [-0.05, 0) is 44.6 Å². The van der Waals surface area contributed by atoms with Gasteiger partial charge in [-0.25, -0.2) is 9.97 Å². The number of piperazine rings is 1. The number of nitrogens with one attached hydrogen (secondary N) is 1. The quantitative estimate of drug-likeness (QED) is 0.923. The van der Waals surface area contributed by atoms with Crippen LogP contribution < -0.4 is 5.32 Å². The summed E-state index contributed by atoms with van der Waals surface area (Å²) in [6.45, 7) is 12.2. The molecular weight excluding hydrogens is 260 g/mol. The third-order valence-corrected chi connectivity index (χ3v) is 5.16. The maximum atomic E-state index is 4.60. The van der Waals surface area contributed by atoms with Crippen molar-refractivity contribution < 1.29 is 0 Å². The highest BCUT2D eigenvalue weighted by Crippen LogP contribution is 2.42. The lowest BCUT2D eigenvalue weighted by atomic mass is 9.88. The van der Waals surface area contributed by atoms with Crippen LogP contribution in [0.3, 0.4) is 0 Å². The molecule has 2 aliphatic rings. The van der Waals surface area contributed by atoms with Crippen molar-refractivity contribution in [2.24, 2.45) is 11.8 Å². The van der Waals surface area contributed by atoms with Gasteiger partial charge >= 0.3 is 0 Å². The van der Waals surface area contributed by atoms with Crippen LogP contribution in [-0.4, -0.2) is 39.5 Å². The summed E-state index contributed by atoms with van der Waals surface area (Å²) in [5.74, 6) is 2.39. The lowest BCUT2D eigenvalue weighted by molar-refractivity contribution is 0.0452. The molecule has 4 heteroatoms. The first kappa shape index (κ1) is 14.9. The second-order valence-corrected chi connectivity index (χ2v) is 7.38. The van der Waals surface area contributed by atoms with Crippen LogP contribution in [0.2, 0.25) is 0 Å². The summed E-state index contributed by atoms with van der Waals surface area (Å²) in [4.78, 5) is 11.4. The van der Waals surface area contributed by atoms with Crippen molar-refractivity contribution >= 4 is 0 Å². The van der Waals surface area contributed by atoms with Crippen molar-refractivity contribution in [3.63, 3.8) is 0 Å². The first-order valence-corrected chi connectivity index (χ1v) is 8.25. The molecule has 116 valence electrons. The zero-order valence-corrected chi connectivity index (χ0v) is 13.8. The Morgan fingerprint density at radius 1 is 1.43 bits per heavy atom. The fourth-order valence-electron chi connectivity index (χ4n) is 3.69. The molecule has 21 heavy (non-hydrogen) atoms. The van der Waals surface area contributed by atoms with E-state index in [2.05, 4.69) is 47.0 Å². The van der Waals surface area contributed by atoms with E-state index in [1.165, 1.54) is 12.8 Å². The molecule has 1 aromatic rings. The third kappa shape index (κ3) is 3.27. The minimum absolute atomic E-state index is 0.285. The molecule has 0 aromatic carbocycles. The Kier molecular flexibility index (Phi) is 4.02. The van der Waals surface area contributed by atoms with E-state index in [-0.39, 0.29) is 5.54 Å². The summed E-state index contributed by atoms with van der Waals surface area (Å²) in [7, 11) is 0. The van der Waals surface area contributed by atoms with Gasteiger partial charge in [-0.1, -0.05) is 13.8 Å². The topological polar surface area (TPSA) is 41.1 Å². The Balaban J connectivity index is 1.77. The molecule has 3 rings (SSSR count). The van der Waals surface area contributed by atoms with Crippen LogP contribution in [-0.2, 0) is 6.54 Å². The number of aromatic nitrogens is 2. The fourth-order valence-corrected chi connectivity index (χ4v) is 3.69. The molecule has 0 bridgehead atoms. The normalized spacial score (nSPS) is 30.8. The highest BCUT2D eigenvalue weighted by molar-refractivity contribution is 5.07. The van der Waals surface area contributed by atoms with Crippen LogP contribution in [0.4, 0.5) is 0 Å². The van der Waals surface area contributed by atoms with Crippen LogP contribution in [0.25, 0.3) is 0 Å². The van der Waals surface area contributed by atoms with Gasteiger partial charge in [0.25, 0.3) is 0 Å². The van der Waals surface area contributed by atoms with Gasteiger partial charge in [0.1, 0.15) is 5.82 Å². The molecule has 0 radical (unpaired) electrons. The van der Waals surface area contributed by atoms with E-state index < -0.39 is 0 Å². The summed E-state index contributed by atoms with van der Waals surface area (Å²) in [6.07, 6.45) is 4.65. The molecule has 1 aromatic heterocycles. The third-order valence-electron chi connectivity index (χ3n) is 5.16. The Bertz CT molecular complexity index is 497. The fraction of sp³-hybridized carbons (Fsp3) is 0.765. The van der Waals surface area contributed by atoms with Gasteiger partial charge in [0.05, 0.1) is 5.69 Å². The van der Waals surface area contributed by atoms with Crippen LogP contribution in [0.15, 0.2) is 12.3 Å². The van der Waals surface area contributed by atoms with Crippen molar-refractivity contribution in [2.75, 3.05) is 13.1 Å². The molecule has 2 fully saturated rings. The predicted molar refractivity (Wildman–Crippen MR) is 84.9 cm³/mol. The molecule has 1 saturated carbocycles. The van der Waals surface area contributed by atoms with Crippen LogP contribution in [0.5, 0.6) is 0 Å². The molecule has 2 heterocycles. The van der Waals surface area contributed by atoms with Gasteiger partial charge in [0, 0.05) is 37.4 Å². The van der Waals surface area contributed by atoms with Gasteiger partial charge in [-0.15, -0.1) is 0 Å². The van der Waals surface area contributed by atoms with Crippen molar-refractivity contribution in [2.45, 2.75) is 58.7 Å². The molecular formula is C17H28N4. The van der Waals surface area contributed by atoms with Crippen LogP contribution in [0.1, 0.15) is 45.1 Å². The molecule has 4 nitrogen and oxygen atoms in total. The van der Waals surface area contributed by atoms with Crippen molar-refractivity contribution in [1.29, 1.82) is 0 Å². The largest absolute Gasteiger partial charge is 0.308 e. The van der Waals surface area contributed by atoms with Crippen molar-refractivity contribution in [1.82, 2.24) is 20.2 Å². The van der Waals surface area contributed by atoms with E-state index in [0.717, 1.165) is 37.1 Å². The summed E-state index contributed by atoms with van der Waals surface area (Å²) in [5, 5.41) is 3.84. The monoisotopic (exact) mass is 288 g/mol. The molecule has 0 amide bonds. The second kappa shape index (κ2) is 5.65. The minimum atomic E-state index is 0.285.